The summed E-state index contributed by atoms with van der Waals surface area (Å²) in [5.41, 5.74) is 6.74. The van der Waals surface area contributed by atoms with E-state index < -0.39 is 13.3 Å². The summed E-state index contributed by atoms with van der Waals surface area (Å²) in [6, 6.07) is 25.9. The Hall–Kier alpha value is -2.37. The fourth-order valence-corrected chi connectivity index (χ4v) is 17.5. The molecule has 0 bridgehead atoms. The molecule has 0 aliphatic carbocycles. The van der Waals surface area contributed by atoms with Crippen LogP contribution in [-0.4, -0.2) is 23.2 Å². The first-order valence-corrected chi connectivity index (χ1v) is 17.1. The van der Waals surface area contributed by atoms with E-state index in [4.69, 9.17) is 17.6 Å². The zero-order valence-corrected chi connectivity index (χ0v) is 21.7. The summed E-state index contributed by atoms with van der Waals surface area (Å²) >= 11 is 2.43. The van der Waals surface area contributed by atoms with Crippen molar-refractivity contribution in [1.29, 1.82) is 0 Å². The number of thiol groups is 1. The molecule has 0 saturated carbocycles. The van der Waals surface area contributed by atoms with Crippen molar-refractivity contribution in [3.8, 4) is 33.8 Å². The number of pyridine rings is 2. The molecule has 2 aromatic heterocycles. The van der Waals surface area contributed by atoms with Gasteiger partial charge >= 0.3 is 200 Å². The van der Waals surface area contributed by atoms with E-state index in [9.17, 15) is 0 Å². The molecule has 32 heavy (non-hydrogen) atoms. The molecule has 160 valence electrons. The summed E-state index contributed by atoms with van der Waals surface area (Å²) in [5.74, 6) is 0. The van der Waals surface area contributed by atoms with Crippen LogP contribution in [0.25, 0.3) is 33.8 Å². The van der Waals surface area contributed by atoms with Gasteiger partial charge in [0.25, 0.3) is 0 Å². The van der Waals surface area contributed by atoms with Gasteiger partial charge in [-0.05, 0) is 0 Å². The van der Waals surface area contributed by atoms with Gasteiger partial charge in [-0.1, -0.05) is 0 Å². The zero-order chi connectivity index (χ0) is 22.1. The first-order valence-electron chi connectivity index (χ1n) is 11.5. The molecule has 0 spiro atoms. The van der Waals surface area contributed by atoms with Gasteiger partial charge < -0.3 is 0 Å². The van der Waals surface area contributed by atoms with Crippen LogP contribution in [0.15, 0.2) is 83.9 Å². The van der Waals surface area contributed by atoms with Crippen LogP contribution in [0.4, 0.5) is 0 Å². The summed E-state index contributed by atoms with van der Waals surface area (Å²) in [6.07, 6.45) is 4.29. The average Bonchev–Trinajstić information content (AvgIpc) is 3.10. The van der Waals surface area contributed by atoms with Gasteiger partial charge in [0, 0.05) is 0 Å². The van der Waals surface area contributed by atoms with E-state index in [0.29, 0.717) is 0 Å². The Morgan fingerprint density at radius 3 is 2.22 bits per heavy atom. The van der Waals surface area contributed by atoms with E-state index in [-0.39, 0.29) is 0 Å². The summed E-state index contributed by atoms with van der Waals surface area (Å²) in [6.45, 7) is 4.66. The molecule has 4 heteroatoms. The maximum atomic E-state index is 5.30. The zero-order valence-electron chi connectivity index (χ0n) is 18.7. The standard InChI is InChI=1S/C28H28GeN2S/c1-3-16-29(17-4-2)22-11-8-13-26(32)27(22)28-23(29)14-15-25(31-28)21-10-7-9-20(19-21)24-12-5-6-18-30-24/h5-15,18-19,32H,3-4,16-17H2,1-2H3. The van der Waals surface area contributed by atoms with Crippen LogP contribution in [-0.2, 0) is 0 Å². The third-order valence-corrected chi connectivity index (χ3v) is 18.8. The number of rotatable bonds is 6. The molecule has 5 rings (SSSR count). The summed E-state index contributed by atoms with van der Waals surface area (Å²) in [4.78, 5) is 10.9. The number of aromatic nitrogens is 2. The predicted octanol–water partition coefficient (Wildman–Crippen LogP) is 6.46. The Morgan fingerprint density at radius 1 is 0.750 bits per heavy atom. The van der Waals surface area contributed by atoms with Gasteiger partial charge in [-0.15, -0.1) is 0 Å². The molecule has 0 N–H and O–H groups in total. The molecule has 0 amide bonds. The van der Waals surface area contributed by atoms with Gasteiger partial charge in [0.15, 0.2) is 0 Å². The number of hydrogen-bond donors (Lipinski definition) is 1. The molecule has 0 atom stereocenters. The van der Waals surface area contributed by atoms with Crippen molar-refractivity contribution in [3.05, 3.63) is 79.0 Å². The Bertz CT molecular complexity index is 1260. The van der Waals surface area contributed by atoms with Crippen LogP contribution in [0.1, 0.15) is 26.7 Å². The molecule has 3 heterocycles. The minimum absolute atomic E-state index is 0.985. The molecule has 0 saturated heterocycles. The second kappa shape index (κ2) is 8.88. The van der Waals surface area contributed by atoms with Gasteiger partial charge in [0.2, 0.25) is 0 Å². The third kappa shape index (κ3) is 3.52. The normalized spacial score (nSPS) is 13.6. The number of nitrogens with zero attached hydrogens (tertiary/aromatic N) is 2. The second-order valence-corrected chi connectivity index (χ2v) is 18.1. The van der Waals surface area contributed by atoms with E-state index in [1.807, 2.05) is 18.3 Å². The van der Waals surface area contributed by atoms with Crippen LogP contribution >= 0.6 is 12.6 Å². The monoisotopic (exact) mass is 498 g/mol. The van der Waals surface area contributed by atoms with E-state index in [2.05, 4.69) is 79.5 Å². The van der Waals surface area contributed by atoms with Crippen LogP contribution < -0.4 is 8.79 Å². The molecule has 1 aliphatic rings. The van der Waals surface area contributed by atoms with Crippen LogP contribution in [0.5, 0.6) is 0 Å². The van der Waals surface area contributed by atoms with E-state index in [1.54, 1.807) is 8.79 Å². The Labute approximate surface area is 198 Å². The summed E-state index contributed by atoms with van der Waals surface area (Å²) < 4.78 is 3.14. The molecule has 4 aromatic rings. The molecular weight excluding hydrogens is 469 g/mol. The minimum atomic E-state index is -2.46. The molecule has 2 aromatic carbocycles. The van der Waals surface area contributed by atoms with Gasteiger partial charge in [-0.2, -0.15) is 0 Å². The second-order valence-electron chi connectivity index (χ2n) is 8.67. The number of benzene rings is 2. The van der Waals surface area contributed by atoms with Crippen molar-refractivity contribution >= 4 is 34.7 Å². The molecule has 0 fully saturated rings. The average molecular weight is 497 g/mol. The summed E-state index contributed by atoms with van der Waals surface area (Å²) in [7, 11) is 0. The molecule has 1 aliphatic heterocycles. The van der Waals surface area contributed by atoms with Crippen molar-refractivity contribution in [1.82, 2.24) is 9.97 Å². The topological polar surface area (TPSA) is 25.8 Å². The molecular formula is C28H28GeN2S. The quantitative estimate of drug-likeness (QED) is 0.245. The fraction of sp³-hybridized carbons (Fsp3) is 0.214. The van der Waals surface area contributed by atoms with E-state index in [0.717, 1.165) is 27.4 Å². The van der Waals surface area contributed by atoms with Gasteiger partial charge in [0.1, 0.15) is 0 Å². The third-order valence-electron chi connectivity index (χ3n) is 6.68. The van der Waals surface area contributed by atoms with Gasteiger partial charge in [-0.25, -0.2) is 0 Å². The molecule has 0 radical (unpaired) electrons. The first kappa shape index (κ1) is 21.5. The van der Waals surface area contributed by atoms with Crippen LogP contribution in [0, 0.1) is 0 Å². The van der Waals surface area contributed by atoms with E-state index >= 15 is 0 Å². The summed E-state index contributed by atoms with van der Waals surface area (Å²) in [5, 5.41) is 2.64. The van der Waals surface area contributed by atoms with Crippen molar-refractivity contribution in [3.63, 3.8) is 0 Å². The van der Waals surface area contributed by atoms with Crippen molar-refractivity contribution in [2.45, 2.75) is 42.1 Å². The van der Waals surface area contributed by atoms with Crippen molar-refractivity contribution in [2.75, 3.05) is 0 Å². The SMILES string of the molecule is CC[CH2][Ge]1([CH2]CC)[c]2ccc(-c3cccc(-c4ccccn4)c3)nc2-c2c(S)ccc[c]21. The first-order chi connectivity index (χ1) is 15.7. The van der Waals surface area contributed by atoms with Crippen LogP contribution in [0.2, 0.25) is 10.5 Å². The molecule has 2 nitrogen and oxygen atoms in total. The van der Waals surface area contributed by atoms with Gasteiger partial charge in [-0.3, -0.25) is 0 Å². The molecule has 0 unspecified atom stereocenters. The van der Waals surface area contributed by atoms with E-state index in [1.165, 1.54) is 34.6 Å². The number of fused-ring (bicyclic) bond motifs is 3. The van der Waals surface area contributed by atoms with Gasteiger partial charge in [0.05, 0.1) is 0 Å². The Morgan fingerprint density at radius 2 is 1.50 bits per heavy atom. The maximum absolute atomic E-state index is 5.30. The number of hydrogen-bond acceptors (Lipinski definition) is 3. The Kier molecular flexibility index (Phi) is 5.96. The van der Waals surface area contributed by atoms with Crippen LogP contribution in [0.3, 0.4) is 0 Å². The predicted molar refractivity (Wildman–Crippen MR) is 141 cm³/mol. The fourth-order valence-electron chi connectivity index (χ4n) is 5.42. The Balaban J connectivity index is 1.67. The van der Waals surface area contributed by atoms with Crippen molar-refractivity contribution in [2.24, 2.45) is 0 Å². The van der Waals surface area contributed by atoms with Crippen molar-refractivity contribution < 1.29 is 0 Å².